The molecule has 2 heterocycles. The first kappa shape index (κ1) is 16.9. The molecule has 0 unspecified atom stereocenters. The largest absolute Gasteiger partial charge is 0.385 e. The number of rotatable bonds is 7. The fourth-order valence-electron chi connectivity index (χ4n) is 2.51. The van der Waals surface area contributed by atoms with Gasteiger partial charge in [-0.25, -0.2) is 0 Å². The molecule has 0 saturated carbocycles. The summed E-state index contributed by atoms with van der Waals surface area (Å²) < 4.78 is 5.02. The van der Waals surface area contributed by atoms with Crippen LogP contribution in [0.2, 0.25) is 0 Å². The van der Waals surface area contributed by atoms with Gasteiger partial charge in [0.25, 0.3) is 5.91 Å². The topological polar surface area (TPSA) is 76.1 Å². The molecule has 3 rings (SSSR count). The lowest BCUT2D eigenvalue weighted by molar-refractivity contribution is 0.102. The molecule has 0 saturated heterocycles. The smallest absolute Gasteiger partial charge is 0.257 e. The van der Waals surface area contributed by atoms with Crippen molar-refractivity contribution in [3.05, 3.63) is 60.6 Å². The summed E-state index contributed by atoms with van der Waals surface area (Å²) in [6.45, 7) is 1.45. The van der Waals surface area contributed by atoms with Crippen molar-refractivity contribution in [2.45, 2.75) is 6.42 Å². The Balaban J connectivity index is 1.72. The van der Waals surface area contributed by atoms with Gasteiger partial charge in [0, 0.05) is 44.2 Å². The maximum absolute atomic E-state index is 12.6. The lowest BCUT2D eigenvalue weighted by atomic mass is 10.2. The highest BCUT2D eigenvalue weighted by Crippen LogP contribution is 2.21. The molecular formula is C19H20N4O2. The van der Waals surface area contributed by atoms with Gasteiger partial charge in [-0.05, 0) is 24.6 Å². The minimum Gasteiger partial charge on any atom is -0.385 e. The number of carbonyl (C=O) groups excluding carboxylic acids is 1. The standard InChI is InChI=1S/C19H20N4O2/c1-25-10-4-9-21-16-11-15(12-20-13-16)19(24)23-17-7-2-5-14-6-3-8-22-18(14)17/h2-3,5-8,11-13,21H,4,9-10H2,1H3,(H,23,24). The maximum atomic E-state index is 12.6. The van der Waals surface area contributed by atoms with E-state index in [4.69, 9.17) is 4.74 Å². The molecular weight excluding hydrogens is 316 g/mol. The van der Waals surface area contributed by atoms with Crippen LogP contribution in [0.15, 0.2) is 55.0 Å². The van der Waals surface area contributed by atoms with Crippen molar-refractivity contribution in [2.24, 2.45) is 0 Å². The Labute approximate surface area is 146 Å². The van der Waals surface area contributed by atoms with Crippen LogP contribution in [-0.2, 0) is 4.74 Å². The van der Waals surface area contributed by atoms with Crippen LogP contribution in [0.3, 0.4) is 0 Å². The van der Waals surface area contributed by atoms with Crippen LogP contribution in [0.1, 0.15) is 16.8 Å². The quantitative estimate of drug-likeness (QED) is 0.647. The number of anilines is 2. The molecule has 128 valence electrons. The number of methoxy groups -OCH3 is 1. The molecule has 2 aromatic heterocycles. The van der Waals surface area contributed by atoms with Crippen molar-refractivity contribution < 1.29 is 9.53 Å². The van der Waals surface area contributed by atoms with Crippen LogP contribution in [0.25, 0.3) is 10.9 Å². The molecule has 0 aliphatic carbocycles. The number of hydrogen-bond donors (Lipinski definition) is 2. The van der Waals surface area contributed by atoms with Gasteiger partial charge in [0.1, 0.15) is 0 Å². The number of nitrogens with zero attached hydrogens (tertiary/aromatic N) is 2. The highest BCUT2D eigenvalue weighted by Gasteiger charge is 2.10. The summed E-state index contributed by atoms with van der Waals surface area (Å²) in [5, 5.41) is 7.13. The van der Waals surface area contributed by atoms with E-state index in [0.29, 0.717) is 17.9 Å². The van der Waals surface area contributed by atoms with Crippen LogP contribution in [0, 0.1) is 0 Å². The second-order valence-corrected chi connectivity index (χ2v) is 5.57. The average molecular weight is 336 g/mol. The van der Waals surface area contributed by atoms with E-state index in [9.17, 15) is 4.79 Å². The van der Waals surface area contributed by atoms with Crippen LogP contribution < -0.4 is 10.6 Å². The third-order valence-corrected chi connectivity index (χ3v) is 3.74. The number of benzene rings is 1. The molecule has 3 aromatic rings. The minimum absolute atomic E-state index is 0.216. The molecule has 1 aromatic carbocycles. The number of para-hydroxylation sites is 1. The fourth-order valence-corrected chi connectivity index (χ4v) is 2.51. The monoisotopic (exact) mass is 336 g/mol. The summed E-state index contributed by atoms with van der Waals surface area (Å²) >= 11 is 0. The molecule has 1 amide bonds. The van der Waals surface area contributed by atoms with Crippen molar-refractivity contribution in [1.29, 1.82) is 0 Å². The number of carbonyl (C=O) groups is 1. The zero-order valence-corrected chi connectivity index (χ0v) is 14.0. The molecule has 0 spiro atoms. The molecule has 0 atom stereocenters. The second kappa shape index (κ2) is 8.21. The van der Waals surface area contributed by atoms with Crippen molar-refractivity contribution in [1.82, 2.24) is 9.97 Å². The van der Waals surface area contributed by atoms with E-state index in [1.54, 1.807) is 31.8 Å². The Morgan fingerprint density at radius 3 is 2.96 bits per heavy atom. The van der Waals surface area contributed by atoms with Crippen LogP contribution >= 0.6 is 0 Å². The van der Waals surface area contributed by atoms with Gasteiger partial charge in [0.15, 0.2) is 0 Å². The number of hydrogen-bond acceptors (Lipinski definition) is 5. The number of amides is 1. The summed E-state index contributed by atoms with van der Waals surface area (Å²) in [6.07, 6.45) is 5.84. The zero-order chi connectivity index (χ0) is 17.5. The van der Waals surface area contributed by atoms with E-state index < -0.39 is 0 Å². The van der Waals surface area contributed by atoms with E-state index in [0.717, 1.165) is 29.6 Å². The van der Waals surface area contributed by atoms with Gasteiger partial charge in [-0.1, -0.05) is 18.2 Å². The summed E-state index contributed by atoms with van der Waals surface area (Å²) in [4.78, 5) is 21.0. The first-order valence-corrected chi connectivity index (χ1v) is 8.11. The number of fused-ring (bicyclic) bond motifs is 1. The molecule has 2 N–H and O–H groups in total. The van der Waals surface area contributed by atoms with Crippen molar-refractivity contribution >= 4 is 28.2 Å². The number of ether oxygens (including phenoxy) is 1. The first-order chi connectivity index (χ1) is 12.3. The molecule has 25 heavy (non-hydrogen) atoms. The van der Waals surface area contributed by atoms with Crippen LogP contribution in [-0.4, -0.2) is 36.1 Å². The highest BCUT2D eigenvalue weighted by molar-refractivity contribution is 6.08. The highest BCUT2D eigenvalue weighted by atomic mass is 16.5. The lowest BCUT2D eigenvalue weighted by Crippen LogP contribution is -2.13. The Bertz CT molecular complexity index is 861. The predicted molar refractivity (Wildman–Crippen MR) is 98.9 cm³/mol. The summed E-state index contributed by atoms with van der Waals surface area (Å²) in [5.74, 6) is -0.216. The molecule has 0 radical (unpaired) electrons. The van der Waals surface area contributed by atoms with Crippen molar-refractivity contribution in [2.75, 3.05) is 30.9 Å². The normalized spacial score (nSPS) is 10.6. The molecule has 0 aliphatic rings. The molecule has 0 bridgehead atoms. The summed E-state index contributed by atoms with van der Waals surface area (Å²) in [5.41, 5.74) is 2.74. The average Bonchev–Trinajstić information content (AvgIpc) is 2.66. The molecule has 6 nitrogen and oxygen atoms in total. The van der Waals surface area contributed by atoms with Gasteiger partial charge in [-0.15, -0.1) is 0 Å². The van der Waals surface area contributed by atoms with Crippen molar-refractivity contribution in [3.8, 4) is 0 Å². The fraction of sp³-hybridized carbons (Fsp3) is 0.211. The van der Waals surface area contributed by atoms with Crippen LogP contribution in [0.4, 0.5) is 11.4 Å². The number of pyridine rings is 2. The summed E-state index contributed by atoms with van der Waals surface area (Å²) in [7, 11) is 1.68. The van der Waals surface area contributed by atoms with Crippen molar-refractivity contribution in [3.63, 3.8) is 0 Å². The summed E-state index contributed by atoms with van der Waals surface area (Å²) in [6, 6.07) is 11.3. The first-order valence-electron chi connectivity index (χ1n) is 8.11. The van der Waals surface area contributed by atoms with E-state index >= 15 is 0 Å². The Morgan fingerprint density at radius 1 is 1.20 bits per heavy atom. The molecule has 0 fully saturated rings. The maximum Gasteiger partial charge on any atom is 0.257 e. The van der Waals surface area contributed by atoms with Gasteiger partial charge < -0.3 is 15.4 Å². The van der Waals surface area contributed by atoms with E-state index in [-0.39, 0.29) is 5.91 Å². The SMILES string of the molecule is COCCCNc1cncc(C(=O)Nc2cccc3cccnc23)c1. The number of aromatic nitrogens is 2. The Hall–Kier alpha value is -2.99. The van der Waals surface area contributed by atoms with E-state index in [2.05, 4.69) is 20.6 Å². The Morgan fingerprint density at radius 2 is 2.08 bits per heavy atom. The second-order valence-electron chi connectivity index (χ2n) is 5.57. The van der Waals surface area contributed by atoms with Gasteiger partial charge in [0.05, 0.1) is 22.5 Å². The molecule has 6 heteroatoms. The Kier molecular flexibility index (Phi) is 5.53. The van der Waals surface area contributed by atoms with Gasteiger partial charge in [0.2, 0.25) is 0 Å². The third-order valence-electron chi connectivity index (χ3n) is 3.74. The van der Waals surface area contributed by atoms with E-state index in [1.165, 1.54) is 0 Å². The third kappa shape index (κ3) is 4.30. The minimum atomic E-state index is -0.216. The predicted octanol–water partition coefficient (Wildman–Crippen LogP) is 3.33. The number of nitrogens with one attached hydrogen (secondary N) is 2. The molecule has 0 aliphatic heterocycles. The lowest BCUT2D eigenvalue weighted by Gasteiger charge is -2.10. The van der Waals surface area contributed by atoms with Gasteiger partial charge >= 0.3 is 0 Å². The van der Waals surface area contributed by atoms with Gasteiger partial charge in [-0.3, -0.25) is 14.8 Å². The van der Waals surface area contributed by atoms with E-state index in [1.807, 2.05) is 30.3 Å². The zero-order valence-electron chi connectivity index (χ0n) is 14.0. The van der Waals surface area contributed by atoms with Gasteiger partial charge in [-0.2, -0.15) is 0 Å². The van der Waals surface area contributed by atoms with Crippen LogP contribution in [0.5, 0.6) is 0 Å².